The van der Waals surface area contributed by atoms with Gasteiger partial charge >= 0.3 is 0 Å². The Bertz CT molecular complexity index is 5400. The Morgan fingerprint density at radius 3 is 1.67 bits per heavy atom. The summed E-state index contributed by atoms with van der Waals surface area (Å²) < 4.78 is 93.2. The van der Waals surface area contributed by atoms with E-state index in [9.17, 15) is 0 Å². The number of rotatable bonds is 6. The van der Waals surface area contributed by atoms with Crippen LogP contribution in [0.1, 0.15) is 91.1 Å². The standard InChI is InChI=1S/C78H64N5O.Pt/c1-76(2,3)50-39-40-79-73(44-50)83-70-38-35-54(82-68-32-16-14-27-62(68)63-28-15-17-33-69(63)82)46-67(70)64-37-36-56(47-72(64)83)84-55-22-18-21-53(45-55)80-48-81-74-57(49-41-51(77(4,5)6)43-52(42-49)78(7,8)9)29-19-30-65(74)60-25-12-10-23-58(60)59-24-11-13-26-61(59)66-31-20-34-71(80)75(66)81;/h10-44,46,48H,1-9H3;/q-3;/i4D3,5D3,6D3;. The first-order chi connectivity index (χ1) is 44.3. The molecule has 14 aromatic rings. The summed E-state index contributed by atoms with van der Waals surface area (Å²) in [5.41, 5.74) is 6.40. The van der Waals surface area contributed by atoms with Crippen LogP contribution in [0.5, 0.6) is 11.5 Å². The molecule has 420 valence electrons. The SMILES string of the molecule is [2H]C([2H])([2H])C(c1cc(-c2cccc3c4ccccc4c4ccccc4c4cccc5c4n(c23)[CH-]N5c2[c-]c(Oc3[c-]c4c(cc3)c3cc(-n5c6ccccc6c6ccccc65)ccc3n4-c3cc(C(C)(C)C)ccn3)ccc2)cc(C(C)(C)C)c1)(C([2H])([2H])[2H])C([2H])([2H])[2H].[Pt]. The summed E-state index contributed by atoms with van der Waals surface area (Å²) in [5, 5.41) is 10.00. The van der Waals surface area contributed by atoms with Crippen molar-refractivity contribution < 1.29 is 38.1 Å². The predicted molar refractivity (Wildman–Crippen MR) is 353 cm³/mol. The van der Waals surface area contributed by atoms with E-state index in [0.29, 0.717) is 39.4 Å². The Balaban J connectivity index is 0.00000763. The van der Waals surface area contributed by atoms with Gasteiger partial charge in [0.25, 0.3) is 0 Å². The quantitative estimate of drug-likeness (QED) is 0.156. The molecule has 0 unspecified atom stereocenters. The summed E-state index contributed by atoms with van der Waals surface area (Å²) in [6, 6.07) is 78.7. The van der Waals surface area contributed by atoms with Gasteiger partial charge in [0, 0.05) is 78.8 Å². The molecule has 0 N–H and O–H groups in total. The smallest absolute Gasteiger partial charge is 0.135 e. The number of anilines is 2. The fourth-order valence-corrected chi connectivity index (χ4v) is 12.7. The molecule has 0 spiro atoms. The van der Waals surface area contributed by atoms with Crippen LogP contribution in [0.4, 0.5) is 11.4 Å². The number of hydrogen-bond acceptors (Lipinski definition) is 3. The van der Waals surface area contributed by atoms with Crippen LogP contribution in [0.25, 0.3) is 110 Å². The number of pyridine rings is 1. The van der Waals surface area contributed by atoms with Gasteiger partial charge in [-0.05, 0) is 148 Å². The van der Waals surface area contributed by atoms with E-state index in [1.807, 2.05) is 106 Å². The van der Waals surface area contributed by atoms with Crippen LogP contribution >= 0.6 is 0 Å². The van der Waals surface area contributed by atoms with Gasteiger partial charge in [-0.2, -0.15) is 12.1 Å². The Kier molecular flexibility index (Phi) is 10.5. The second-order valence-corrected chi connectivity index (χ2v) is 24.3. The molecular weight excluding hydrogens is 1220 g/mol. The first kappa shape index (κ1) is 44.4. The summed E-state index contributed by atoms with van der Waals surface area (Å²) in [4.78, 5) is 7.09. The predicted octanol–water partition coefficient (Wildman–Crippen LogP) is 20.9. The average molecular weight is 1290 g/mol. The van der Waals surface area contributed by atoms with Gasteiger partial charge in [-0.3, -0.25) is 0 Å². The van der Waals surface area contributed by atoms with Crippen molar-refractivity contribution in [1.29, 1.82) is 0 Å². The summed E-state index contributed by atoms with van der Waals surface area (Å²) in [7, 11) is 0. The van der Waals surface area contributed by atoms with Crippen molar-refractivity contribution in [3.05, 3.63) is 254 Å². The molecule has 0 amide bonds. The van der Waals surface area contributed by atoms with Crippen LogP contribution in [0.3, 0.4) is 0 Å². The van der Waals surface area contributed by atoms with E-state index < -0.39 is 31.4 Å². The molecule has 4 aromatic heterocycles. The first-order valence-corrected chi connectivity index (χ1v) is 28.5. The maximum absolute atomic E-state index is 8.85. The van der Waals surface area contributed by atoms with E-state index in [1.54, 1.807) is 0 Å². The number of nitrogens with zero attached hydrogens (tertiary/aromatic N) is 5. The van der Waals surface area contributed by atoms with Gasteiger partial charge < -0.3 is 23.3 Å². The van der Waals surface area contributed by atoms with Gasteiger partial charge in [-0.15, -0.1) is 35.7 Å². The number of fused-ring (bicyclic) bond motifs is 13. The monoisotopic (exact) mass is 1290 g/mol. The van der Waals surface area contributed by atoms with Crippen LogP contribution in [0, 0.1) is 18.8 Å². The van der Waals surface area contributed by atoms with Crippen molar-refractivity contribution in [2.75, 3.05) is 4.90 Å². The van der Waals surface area contributed by atoms with Crippen LogP contribution < -0.4 is 9.64 Å². The van der Waals surface area contributed by atoms with Gasteiger partial charge in [-0.25, -0.2) is 4.98 Å². The molecular formula is C78H64N5OPt-3. The van der Waals surface area contributed by atoms with Crippen LogP contribution in [0.2, 0.25) is 0 Å². The minimum absolute atomic E-state index is 0. The fourth-order valence-electron chi connectivity index (χ4n) is 12.7. The molecule has 10 aromatic carbocycles. The van der Waals surface area contributed by atoms with Gasteiger partial charge in [0.05, 0.1) is 11.0 Å². The first-order valence-electron chi connectivity index (χ1n) is 33.0. The van der Waals surface area contributed by atoms with Crippen molar-refractivity contribution >= 4 is 98.3 Å². The molecule has 5 heterocycles. The van der Waals surface area contributed by atoms with E-state index in [-0.39, 0.29) is 32.0 Å². The summed E-state index contributed by atoms with van der Waals surface area (Å²) >= 11 is 0. The van der Waals surface area contributed by atoms with Gasteiger partial charge in [0.15, 0.2) is 0 Å². The molecule has 6 nitrogen and oxygen atoms in total. The topological polar surface area (TPSA) is 40.1 Å². The molecule has 0 atom stereocenters. The molecule has 0 saturated carbocycles. The maximum Gasteiger partial charge on any atom is 0.135 e. The molecule has 1 aliphatic heterocycles. The number of para-hydroxylation sites is 4. The zero-order valence-electron chi connectivity index (χ0n) is 56.8. The van der Waals surface area contributed by atoms with Crippen molar-refractivity contribution in [2.45, 2.75) is 78.3 Å². The van der Waals surface area contributed by atoms with E-state index in [2.05, 4.69) is 179 Å². The summed E-state index contributed by atoms with van der Waals surface area (Å²) in [6.07, 6.45) is 1.87. The molecule has 1 aliphatic rings. The van der Waals surface area contributed by atoms with Crippen molar-refractivity contribution in [3.63, 3.8) is 0 Å². The van der Waals surface area contributed by atoms with E-state index in [1.165, 1.54) is 22.9 Å². The number of ether oxygens (including phenoxy) is 1. The van der Waals surface area contributed by atoms with Crippen LogP contribution in [0.15, 0.2) is 219 Å². The summed E-state index contributed by atoms with van der Waals surface area (Å²) in [6.45, 7) is 4.00. The molecule has 7 heteroatoms. The van der Waals surface area contributed by atoms with Gasteiger partial charge in [0.1, 0.15) is 5.82 Å². The van der Waals surface area contributed by atoms with E-state index in [4.69, 9.17) is 22.1 Å². The summed E-state index contributed by atoms with van der Waals surface area (Å²) in [5.74, 6) is 1.66. The minimum Gasteiger partial charge on any atom is -0.509 e. The third-order valence-electron chi connectivity index (χ3n) is 16.8. The number of benzene rings is 10. The van der Waals surface area contributed by atoms with E-state index in [0.717, 1.165) is 93.4 Å². The molecule has 0 saturated heterocycles. The second-order valence-electron chi connectivity index (χ2n) is 24.3. The van der Waals surface area contributed by atoms with Gasteiger partial charge in [0.2, 0.25) is 0 Å². The van der Waals surface area contributed by atoms with Crippen molar-refractivity contribution in [1.82, 2.24) is 18.7 Å². The largest absolute Gasteiger partial charge is 0.509 e. The third kappa shape index (κ3) is 8.95. The average Bonchev–Trinajstić information content (AvgIpc) is 0.808. The van der Waals surface area contributed by atoms with Gasteiger partial charge in [-0.1, -0.05) is 207 Å². The Morgan fingerprint density at radius 2 is 1.01 bits per heavy atom. The molecule has 0 aliphatic carbocycles. The van der Waals surface area contributed by atoms with Crippen molar-refractivity contribution in [3.8, 4) is 34.1 Å². The molecule has 0 radical (unpaired) electrons. The maximum atomic E-state index is 8.85. The van der Waals surface area contributed by atoms with Crippen LogP contribution in [-0.4, -0.2) is 18.7 Å². The molecule has 85 heavy (non-hydrogen) atoms. The number of aromatic nitrogens is 4. The normalized spacial score (nSPS) is 14.8. The Hall–Kier alpha value is -9.09. The molecule has 0 fully saturated rings. The Labute approximate surface area is 523 Å². The van der Waals surface area contributed by atoms with E-state index >= 15 is 0 Å². The number of hydrogen-bond donors (Lipinski definition) is 0. The fraction of sp³-hybridized carbons (Fsp3) is 0.154. The molecule has 15 rings (SSSR count). The minimum atomic E-state index is -3.49. The zero-order valence-corrected chi connectivity index (χ0v) is 50.1. The van der Waals surface area contributed by atoms with Crippen molar-refractivity contribution in [2.24, 2.45) is 0 Å². The third-order valence-corrected chi connectivity index (χ3v) is 16.8. The van der Waals surface area contributed by atoms with Crippen LogP contribution in [-0.2, 0) is 37.3 Å². The Morgan fingerprint density at radius 1 is 0.447 bits per heavy atom. The zero-order chi connectivity index (χ0) is 64.9. The molecule has 0 bridgehead atoms. The second kappa shape index (κ2) is 20.0.